The second kappa shape index (κ2) is 4.58. The molecule has 2 heteroatoms. The molecule has 17 heavy (non-hydrogen) atoms. The molecule has 0 aliphatic heterocycles. The van der Waals surface area contributed by atoms with E-state index in [9.17, 15) is 4.79 Å². The Morgan fingerprint density at radius 3 is 2.65 bits per heavy atom. The number of anilines is 1. The van der Waals surface area contributed by atoms with E-state index >= 15 is 0 Å². The first kappa shape index (κ1) is 11.6. The molecule has 0 radical (unpaired) electrons. The highest BCUT2D eigenvalue weighted by molar-refractivity contribution is 5.96. The van der Waals surface area contributed by atoms with Gasteiger partial charge in [0.25, 0.3) is 0 Å². The number of benzene rings is 2. The third kappa shape index (κ3) is 2.47. The van der Waals surface area contributed by atoms with Crippen LogP contribution < -0.4 is 5.32 Å². The van der Waals surface area contributed by atoms with Gasteiger partial charge in [-0.25, -0.2) is 0 Å². The standard InChI is InChI=1S/C15H17NO/c1-10(2)15(17)16-13-8-7-12-6-4-5-11(3)14(12)9-13/h4-10H,1-3H3,(H,16,17). The second-order valence-electron chi connectivity index (χ2n) is 4.65. The van der Waals surface area contributed by atoms with Gasteiger partial charge in [-0.3, -0.25) is 4.79 Å². The normalized spacial score (nSPS) is 10.8. The van der Waals surface area contributed by atoms with Crippen LogP contribution in [0.3, 0.4) is 0 Å². The average molecular weight is 227 g/mol. The van der Waals surface area contributed by atoms with Crippen molar-refractivity contribution < 1.29 is 4.79 Å². The highest BCUT2D eigenvalue weighted by atomic mass is 16.1. The molecule has 0 spiro atoms. The van der Waals surface area contributed by atoms with Crippen LogP contribution >= 0.6 is 0 Å². The molecule has 0 saturated carbocycles. The molecule has 2 aromatic rings. The zero-order valence-electron chi connectivity index (χ0n) is 10.4. The van der Waals surface area contributed by atoms with E-state index in [-0.39, 0.29) is 11.8 Å². The average Bonchev–Trinajstić information content (AvgIpc) is 2.30. The van der Waals surface area contributed by atoms with Crippen LogP contribution in [0.1, 0.15) is 19.4 Å². The van der Waals surface area contributed by atoms with Gasteiger partial charge in [-0.15, -0.1) is 0 Å². The molecule has 0 atom stereocenters. The van der Waals surface area contributed by atoms with Gasteiger partial charge in [0.15, 0.2) is 0 Å². The molecule has 1 amide bonds. The SMILES string of the molecule is Cc1cccc2ccc(NC(=O)C(C)C)cc12. The summed E-state index contributed by atoms with van der Waals surface area (Å²) < 4.78 is 0. The maximum absolute atomic E-state index is 11.6. The van der Waals surface area contributed by atoms with Crippen molar-refractivity contribution >= 4 is 22.4 Å². The summed E-state index contributed by atoms with van der Waals surface area (Å²) in [6.07, 6.45) is 0. The van der Waals surface area contributed by atoms with Crippen molar-refractivity contribution in [3.63, 3.8) is 0 Å². The summed E-state index contributed by atoms with van der Waals surface area (Å²) in [5.41, 5.74) is 2.09. The third-order valence-corrected chi connectivity index (χ3v) is 2.89. The molecule has 2 aromatic carbocycles. The lowest BCUT2D eigenvalue weighted by atomic mass is 10.0. The smallest absolute Gasteiger partial charge is 0.226 e. The monoisotopic (exact) mass is 227 g/mol. The minimum atomic E-state index is 0.00238. The van der Waals surface area contributed by atoms with Gasteiger partial charge in [0.2, 0.25) is 5.91 Å². The lowest BCUT2D eigenvalue weighted by Crippen LogP contribution is -2.17. The maximum Gasteiger partial charge on any atom is 0.226 e. The highest BCUT2D eigenvalue weighted by Gasteiger charge is 2.07. The number of carbonyl (C=O) groups is 1. The Labute approximate surface area is 102 Å². The number of fused-ring (bicyclic) bond motifs is 1. The summed E-state index contributed by atoms with van der Waals surface area (Å²) in [5, 5.41) is 5.31. The molecule has 2 nitrogen and oxygen atoms in total. The molecule has 0 aliphatic carbocycles. The minimum Gasteiger partial charge on any atom is -0.326 e. The molecular weight excluding hydrogens is 210 g/mol. The van der Waals surface area contributed by atoms with Crippen molar-refractivity contribution in [1.82, 2.24) is 0 Å². The number of carbonyl (C=O) groups excluding carboxylic acids is 1. The Morgan fingerprint density at radius 1 is 1.18 bits per heavy atom. The lowest BCUT2D eigenvalue weighted by Gasteiger charge is -2.09. The first-order chi connectivity index (χ1) is 8.08. The molecule has 0 aliphatic rings. The van der Waals surface area contributed by atoms with Gasteiger partial charge in [-0.2, -0.15) is 0 Å². The fraction of sp³-hybridized carbons (Fsp3) is 0.267. The molecule has 0 heterocycles. The van der Waals surface area contributed by atoms with Crippen LogP contribution in [0.5, 0.6) is 0 Å². The van der Waals surface area contributed by atoms with E-state index in [0.29, 0.717) is 0 Å². The van der Waals surface area contributed by atoms with Crippen LogP contribution in [-0.4, -0.2) is 5.91 Å². The van der Waals surface area contributed by atoms with Gasteiger partial charge >= 0.3 is 0 Å². The summed E-state index contributed by atoms with van der Waals surface area (Å²) in [6, 6.07) is 12.2. The Hall–Kier alpha value is -1.83. The first-order valence-corrected chi connectivity index (χ1v) is 5.88. The number of aryl methyl sites for hydroxylation is 1. The van der Waals surface area contributed by atoms with Crippen molar-refractivity contribution in [1.29, 1.82) is 0 Å². The summed E-state index contributed by atoms with van der Waals surface area (Å²) in [6.45, 7) is 5.86. The van der Waals surface area contributed by atoms with Crippen molar-refractivity contribution in [2.24, 2.45) is 5.92 Å². The molecule has 0 bridgehead atoms. The minimum absolute atomic E-state index is 0.00238. The quantitative estimate of drug-likeness (QED) is 0.831. The van der Waals surface area contributed by atoms with Gasteiger partial charge in [0.1, 0.15) is 0 Å². The van der Waals surface area contributed by atoms with Gasteiger partial charge in [0.05, 0.1) is 0 Å². The van der Waals surface area contributed by atoms with Crippen LogP contribution in [0, 0.1) is 12.8 Å². The van der Waals surface area contributed by atoms with E-state index in [0.717, 1.165) is 5.69 Å². The number of nitrogens with one attached hydrogen (secondary N) is 1. The molecule has 0 aromatic heterocycles. The van der Waals surface area contributed by atoms with Gasteiger partial charge in [0, 0.05) is 11.6 Å². The van der Waals surface area contributed by atoms with Crippen molar-refractivity contribution in [3.05, 3.63) is 42.0 Å². The maximum atomic E-state index is 11.6. The largest absolute Gasteiger partial charge is 0.326 e. The highest BCUT2D eigenvalue weighted by Crippen LogP contribution is 2.22. The van der Waals surface area contributed by atoms with Crippen LogP contribution in [0.2, 0.25) is 0 Å². The first-order valence-electron chi connectivity index (χ1n) is 5.88. The molecular formula is C15H17NO. The zero-order valence-corrected chi connectivity index (χ0v) is 10.4. The van der Waals surface area contributed by atoms with E-state index in [4.69, 9.17) is 0 Å². The molecule has 0 saturated heterocycles. The van der Waals surface area contributed by atoms with Crippen molar-refractivity contribution in [2.75, 3.05) is 5.32 Å². The Balaban J connectivity index is 2.38. The summed E-state index contributed by atoms with van der Waals surface area (Å²) in [5.74, 6) is 0.0560. The molecule has 2 rings (SSSR count). The van der Waals surface area contributed by atoms with Crippen LogP contribution in [-0.2, 0) is 4.79 Å². The van der Waals surface area contributed by atoms with Gasteiger partial charge < -0.3 is 5.32 Å². The van der Waals surface area contributed by atoms with Crippen molar-refractivity contribution in [2.45, 2.75) is 20.8 Å². The zero-order chi connectivity index (χ0) is 12.4. The fourth-order valence-electron chi connectivity index (χ4n) is 1.79. The lowest BCUT2D eigenvalue weighted by molar-refractivity contribution is -0.118. The van der Waals surface area contributed by atoms with Crippen LogP contribution in [0.25, 0.3) is 10.8 Å². The topological polar surface area (TPSA) is 29.1 Å². The number of amides is 1. The van der Waals surface area contributed by atoms with Crippen LogP contribution in [0.15, 0.2) is 36.4 Å². The predicted molar refractivity (Wildman–Crippen MR) is 72.2 cm³/mol. The Bertz CT molecular complexity index is 558. The van der Waals surface area contributed by atoms with Crippen molar-refractivity contribution in [3.8, 4) is 0 Å². The molecule has 88 valence electrons. The fourth-order valence-corrected chi connectivity index (χ4v) is 1.79. The summed E-state index contributed by atoms with van der Waals surface area (Å²) in [4.78, 5) is 11.6. The van der Waals surface area contributed by atoms with Crippen LogP contribution in [0.4, 0.5) is 5.69 Å². The van der Waals surface area contributed by atoms with E-state index < -0.39 is 0 Å². The summed E-state index contributed by atoms with van der Waals surface area (Å²) in [7, 11) is 0. The predicted octanol–water partition coefficient (Wildman–Crippen LogP) is 3.74. The number of hydrogen-bond donors (Lipinski definition) is 1. The van der Waals surface area contributed by atoms with Gasteiger partial charge in [-0.1, -0.05) is 38.1 Å². The summed E-state index contributed by atoms with van der Waals surface area (Å²) >= 11 is 0. The molecule has 1 N–H and O–H groups in total. The third-order valence-electron chi connectivity index (χ3n) is 2.89. The second-order valence-corrected chi connectivity index (χ2v) is 4.65. The van der Waals surface area contributed by atoms with E-state index in [1.807, 2.05) is 38.1 Å². The van der Waals surface area contributed by atoms with Gasteiger partial charge in [-0.05, 0) is 35.4 Å². The number of rotatable bonds is 2. The van der Waals surface area contributed by atoms with E-state index in [1.54, 1.807) is 0 Å². The number of hydrogen-bond acceptors (Lipinski definition) is 1. The Kier molecular flexibility index (Phi) is 3.14. The molecule has 0 fully saturated rings. The van der Waals surface area contributed by atoms with E-state index in [2.05, 4.69) is 24.4 Å². The Morgan fingerprint density at radius 2 is 1.94 bits per heavy atom. The molecule has 0 unspecified atom stereocenters. The van der Waals surface area contributed by atoms with E-state index in [1.165, 1.54) is 16.3 Å².